The van der Waals surface area contributed by atoms with Gasteiger partial charge in [0.2, 0.25) is 10.0 Å². The van der Waals surface area contributed by atoms with E-state index < -0.39 is 10.0 Å². The lowest BCUT2D eigenvalue weighted by Crippen LogP contribution is -2.43. The zero-order chi connectivity index (χ0) is 24.8. The van der Waals surface area contributed by atoms with Crippen molar-refractivity contribution >= 4 is 21.5 Å². The van der Waals surface area contributed by atoms with Crippen LogP contribution in [0.3, 0.4) is 0 Å². The lowest BCUT2D eigenvalue weighted by Gasteiger charge is -2.36. The van der Waals surface area contributed by atoms with E-state index in [9.17, 15) is 13.2 Å². The highest BCUT2D eigenvalue weighted by Gasteiger charge is 2.35. The van der Waals surface area contributed by atoms with Crippen LogP contribution in [-0.4, -0.2) is 45.1 Å². The first-order valence-corrected chi connectivity index (χ1v) is 13.6. The Morgan fingerprint density at radius 1 is 1.00 bits per heavy atom. The van der Waals surface area contributed by atoms with Gasteiger partial charge in [0.15, 0.2) is 0 Å². The van der Waals surface area contributed by atoms with E-state index in [1.807, 2.05) is 42.5 Å². The summed E-state index contributed by atoms with van der Waals surface area (Å²) in [5.74, 6) is 0.763. The number of ether oxygens (including phenoxy) is 1. The molecule has 3 aromatic rings. The molecule has 1 atom stereocenters. The maximum atomic E-state index is 13.2. The number of piperidine rings is 1. The number of carbonyl (C=O) groups is 1. The molecular weight excluding hydrogens is 460 g/mol. The number of carbonyl (C=O) groups excluding carboxylic acids is 1. The fraction of sp³-hybridized carbons (Fsp3) is 0.321. The van der Waals surface area contributed by atoms with Gasteiger partial charge in [0.25, 0.3) is 0 Å². The lowest BCUT2D eigenvalue weighted by molar-refractivity contribution is -0.126. The predicted molar refractivity (Wildman–Crippen MR) is 139 cm³/mol. The van der Waals surface area contributed by atoms with Gasteiger partial charge in [-0.15, -0.1) is 0 Å². The average molecular weight is 493 g/mol. The Morgan fingerprint density at radius 2 is 1.63 bits per heavy atom. The van der Waals surface area contributed by atoms with Crippen LogP contribution in [0.2, 0.25) is 0 Å². The summed E-state index contributed by atoms with van der Waals surface area (Å²) in [6.45, 7) is 3.43. The van der Waals surface area contributed by atoms with Crippen LogP contribution in [0.1, 0.15) is 36.0 Å². The monoisotopic (exact) mass is 492 g/mol. The van der Waals surface area contributed by atoms with Crippen molar-refractivity contribution in [3.63, 3.8) is 0 Å². The minimum Gasteiger partial charge on any atom is -0.496 e. The van der Waals surface area contributed by atoms with E-state index in [0.29, 0.717) is 37.5 Å². The van der Waals surface area contributed by atoms with Gasteiger partial charge in [0, 0.05) is 49.1 Å². The minimum atomic E-state index is -3.38. The van der Waals surface area contributed by atoms with E-state index >= 15 is 0 Å². The second-order valence-electron chi connectivity index (χ2n) is 8.89. The predicted octanol–water partition coefficient (Wildman–Crippen LogP) is 4.68. The number of methoxy groups -OCH3 is 1. The summed E-state index contributed by atoms with van der Waals surface area (Å²) in [6.07, 6.45) is 0.477. The molecule has 1 aliphatic rings. The van der Waals surface area contributed by atoms with Gasteiger partial charge in [0.05, 0.1) is 12.9 Å². The number of sulfonamides is 1. The quantitative estimate of drug-likeness (QED) is 0.469. The molecule has 6 nitrogen and oxygen atoms in total. The molecule has 0 aliphatic carbocycles. The van der Waals surface area contributed by atoms with Gasteiger partial charge >= 0.3 is 0 Å². The summed E-state index contributed by atoms with van der Waals surface area (Å²) in [7, 11) is -1.77. The number of anilines is 1. The van der Waals surface area contributed by atoms with Crippen LogP contribution in [0.4, 0.5) is 5.69 Å². The van der Waals surface area contributed by atoms with Crippen LogP contribution in [0.25, 0.3) is 0 Å². The normalized spacial score (nSPS) is 16.9. The van der Waals surface area contributed by atoms with E-state index in [4.69, 9.17) is 4.74 Å². The molecule has 0 radical (unpaired) electrons. The third-order valence-corrected chi connectivity index (χ3v) is 7.90. The van der Waals surface area contributed by atoms with Gasteiger partial charge in [-0.25, -0.2) is 8.42 Å². The third kappa shape index (κ3) is 6.10. The van der Waals surface area contributed by atoms with Crippen molar-refractivity contribution in [1.29, 1.82) is 0 Å². The molecule has 0 aromatic heterocycles. The fourth-order valence-electron chi connectivity index (χ4n) is 4.80. The highest BCUT2D eigenvalue weighted by atomic mass is 32.2. The number of rotatable bonds is 9. The standard InChI is InChI=1S/C28H32N2O4S/c1-3-35(32,33)29-24-14-15-27(34-2)23(18-24)19-30-17-16-26(31)25(20-30)28(21-10-6-4-7-11-21)22-12-8-5-9-13-22/h4-15,18,25,28-29H,3,16-17,19-20H2,1-2H3. The number of likely N-dealkylation sites (tertiary alicyclic amines) is 1. The maximum absolute atomic E-state index is 13.2. The molecular formula is C28H32N2O4S. The van der Waals surface area contributed by atoms with Crippen molar-refractivity contribution in [3.8, 4) is 5.75 Å². The topological polar surface area (TPSA) is 75.7 Å². The number of nitrogens with zero attached hydrogens (tertiary/aromatic N) is 1. The molecule has 1 unspecified atom stereocenters. The summed E-state index contributed by atoms with van der Waals surface area (Å²) < 4.78 is 32.3. The first-order valence-electron chi connectivity index (χ1n) is 11.9. The average Bonchev–Trinajstić information content (AvgIpc) is 2.87. The van der Waals surface area contributed by atoms with Gasteiger partial charge in [-0.05, 0) is 36.2 Å². The van der Waals surface area contributed by atoms with Crippen molar-refractivity contribution in [2.24, 2.45) is 5.92 Å². The number of ketones is 1. The second kappa shape index (κ2) is 11.1. The first kappa shape index (κ1) is 24.9. The zero-order valence-corrected chi connectivity index (χ0v) is 21.0. The summed E-state index contributed by atoms with van der Waals surface area (Å²) in [5.41, 5.74) is 3.66. The molecule has 1 saturated heterocycles. The molecule has 0 saturated carbocycles. The van der Waals surface area contributed by atoms with Gasteiger partial charge in [0.1, 0.15) is 11.5 Å². The van der Waals surface area contributed by atoms with Gasteiger partial charge in [-0.2, -0.15) is 0 Å². The Labute approximate surface area is 208 Å². The van der Waals surface area contributed by atoms with E-state index in [1.54, 1.807) is 26.2 Å². The molecule has 1 fully saturated rings. The van der Waals surface area contributed by atoms with Crippen LogP contribution in [0.5, 0.6) is 5.75 Å². The van der Waals surface area contributed by atoms with E-state index in [-0.39, 0.29) is 23.4 Å². The summed E-state index contributed by atoms with van der Waals surface area (Å²) in [4.78, 5) is 15.5. The van der Waals surface area contributed by atoms with Crippen molar-refractivity contribution < 1.29 is 17.9 Å². The summed E-state index contributed by atoms with van der Waals surface area (Å²) in [5, 5.41) is 0. The Balaban J connectivity index is 1.61. The highest BCUT2D eigenvalue weighted by molar-refractivity contribution is 7.92. The number of hydrogen-bond acceptors (Lipinski definition) is 5. The van der Waals surface area contributed by atoms with Crippen molar-refractivity contribution in [2.45, 2.75) is 25.8 Å². The molecule has 1 aliphatic heterocycles. The van der Waals surface area contributed by atoms with Crippen LogP contribution >= 0.6 is 0 Å². The Morgan fingerprint density at radius 3 is 2.20 bits per heavy atom. The van der Waals surface area contributed by atoms with Crippen molar-refractivity contribution in [3.05, 3.63) is 95.6 Å². The van der Waals surface area contributed by atoms with Crippen LogP contribution in [0, 0.1) is 5.92 Å². The Bertz CT molecular complexity index is 1210. The smallest absolute Gasteiger partial charge is 0.232 e. The maximum Gasteiger partial charge on any atom is 0.232 e. The molecule has 0 spiro atoms. The highest BCUT2D eigenvalue weighted by Crippen LogP contribution is 2.36. The molecule has 7 heteroatoms. The molecule has 1 heterocycles. The van der Waals surface area contributed by atoms with Gasteiger partial charge < -0.3 is 4.74 Å². The second-order valence-corrected chi connectivity index (χ2v) is 10.9. The Hall–Kier alpha value is -3.16. The molecule has 1 N–H and O–H groups in total. The van der Waals surface area contributed by atoms with Gasteiger partial charge in [-0.3, -0.25) is 14.4 Å². The van der Waals surface area contributed by atoms with Crippen molar-refractivity contribution in [1.82, 2.24) is 4.90 Å². The molecule has 0 bridgehead atoms. The largest absolute Gasteiger partial charge is 0.496 e. The van der Waals surface area contributed by atoms with E-state index in [1.165, 1.54) is 0 Å². The van der Waals surface area contributed by atoms with Gasteiger partial charge in [-0.1, -0.05) is 60.7 Å². The van der Waals surface area contributed by atoms with Crippen LogP contribution in [-0.2, 0) is 21.4 Å². The van der Waals surface area contributed by atoms with Crippen LogP contribution in [0.15, 0.2) is 78.9 Å². The van der Waals surface area contributed by atoms with Crippen LogP contribution < -0.4 is 9.46 Å². The summed E-state index contributed by atoms with van der Waals surface area (Å²) in [6, 6.07) is 25.7. The minimum absolute atomic E-state index is 0.00460. The number of nitrogens with one attached hydrogen (secondary N) is 1. The number of Topliss-reactive ketones (excluding diaryl/α,β-unsaturated/α-hetero) is 1. The lowest BCUT2D eigenvalue weighted by atomic mass is 9.76. The number of benzene rings is 3. The molecule has 35 heavy (non-hydrogen) atoms. The van der Waals surface area contributed by atoms with E-state index in [0.717, 1.165) is 16.7 Å². The molecule has 3 aromatic carbocycles. The summed E-state index contributed by atoms with van der Waals surface area (Å²) >= 11 is 0. The zero-order valence-electron chi connectivity index (χ0n) is 20.2. The van der Waals surface area contributed by atoms with Crippen molar-refractivity contribution in [2.75, 3.05) is 30.7 Å². The molecule has 4 rings (SSSR count). The third-order valence-electron chi connectivity index (χ3n) is 6.59. The Kier molecular flexibility index (Phi) is 7.88. The fourth-order valence-corrected chi connectivity index (χ4v) is 5.43. The SMILES string of the molecule is CCS(=O)(=O)Nc1ccc(OC)c(CN2CCC(=O)C(C(c3ccccc3)c3ccccc3)C2)c1. The molecule has 0 amide bonds. The number of hydrogen-bond donors (Lipinski definition) is 1. The van der Waals surface area contributed by atoms with E-state index in [2.05, 4.69) is 33.9 Å². The first-order chi connectivity index (χ1) is 16.9. The molecule has 184 valence electrons.